The summed E-state index contributed by atoms with van der Waals surface area (Å²) in [6, 6.07) is 17.3. The molecule has 0 amide bonds. The van der Waals surface area contributed by atoms with Crippen molar-refractivity contribution >= 4 is 17.2 Å². The Hall–Kier alpha value is -2.29. The highest BCUT2D eigenvalue weighted by molar-refractivity contribution is 6.00. The van der Waals surface area contributed by atoms with Gasteiger partial charge in [0.15, 0.2) is 0 Å². The molecular weight excluding hydrogens is 318 g/mol. The summed E-state index contributed by atoms with van der Waals surface area (Å²) >= 11 is 0. The van der Waals surface area contributed by atoms with Gasteiger partial charge < -0.3 is 10.6 Å². The fourth-order valence-electron chi connectivity index (χ4n) is 4.20. The molecule has 2 aliphatic rings. The van der Waals surface area contributed by atoms with Crippen LogP contribution >= 0.6 is 0 Å². The van der Waals surface area contributed by atoms with Gasteiger partial charge in [-0.2, -0.15) is 0 Å². The fraction of sp³-hybridized carbons (Fsp3) is 0.435. The Labute approximate surface area is 156 Å². The van der Waals surface area contributed by atoms with Crippen molar-refractivity contribution in [3.05, 3.63) is 59.7 Å². The van der Waals surface area contributed by atoms with E-state index in [0.29, 0.717) is 5.92 Å². The predicted octanol–water partition coefficient (Wildman–Crippen LogP) is 5.76. The zero-order valence-corrected chi connectivity index (χ0v) is 15.9. The van der Waals surface area contributed by atoms with Crippen LogP contribution in [0.3, 0.4) is 0 Å². The van der Waals surface area contributed by atoms with Crippen LogP contribution in [-0.4, -0.2) is 11.4 Å². The quantitative estimate of drug-likeness (QED) is 0.741. The average Bonchev–Trinajstić information content (AvgIpc) is 2.67. The molecular formula is C23H29N3. The van der Waals surface area contributed by atoms with Gasteiger partial charge in [0.25, 0.3) is 0 Å². The Morgan fingerprint density at radius 2 is 1.85 bits per heavy atom. The molecule has 136 valence electrons. The lowest BCUT2D eigenvalue weighted by Crippen LogP contribution is -2.54. The molecule has 2 aromatic rings. The Kier molecular flexibility index (Phi) is 4.71. The number of aliphatic imine (C=N–C) groups is 1. The summed E-state index contributed by atoms with van der Waals surface area (Å²) in [6.45, 7) is 5.32. The summed E-state index contributed by atoms with van der Waals surface area (Å²) < 4.78 is 0. The van der Waals surface area contributed by atoms with Gasteiger partial charge in [-0.25, -0.2) is 4.99 Å². The normalized spacial score (nSPS) is 18.2. The van der Waals surface area contributed by atoms with E-state index in [1.165, 1.54) is 36.1 Å². The minimum atomic E-state index is -0.0255. The monoisotopic (exact) mass is 347 g/mol. The SMILES string of the molecule is CC(C)c1cccc(CNC2=Nc3ccccc3NC23CCCCC3)c1. The summed E-state index contributed by atoms with van der Waals surface area (Å²) in [7, 11) is 0. The van der Waals surface area contributed by atoms with E-state index in [2.05, 4.69) is 73.0 Å². The van der Waals surface area contributed by atoms with Crippen LogP contribution < -0.4 is 10.6 Å². The zero-order chi connectivity index (χ0) is 18.0. The van der Waals surface area contributed by atoms with Gasteiger partial charge in [0, 0.05) is 6.54 Å². The van der Waals surface area contributed by atoms with Crippen molar-refractivity contribution in [1.82, 2.24) is 5.32 Å². The first-order valence-electron chi connectivity index (χ1n) is 9.95. The highest BCUT2D eigenvalue weighted by Gasteiger charge is 2.40. The molecule has 1 saturated carbocycles. The minimum Gasteiger partial charge on any atom is -0.371 e. The Balaban J connectivity index is 1.60. The second kappa shape index (κ2) is 7.14. The van der Waals surface area contributed by atoms with Gasteiger partial charge in [0.1, 0.15) is 5.84 Å². The second-order valence-electron chi connectivity index (χ2n) is 8.00. The molecule has 0 saturated heterocycles. The van der Waals surface area contributed by atoms with Crippen LogP contribution in [0.1, 0.15) is 63.0 Å². The van der Waals surface area contributed by atoms with Gasteiger partial charge in [-0.1, -0.05) is 69.5 Å². The Bertz CT molecular complexity index is 801. The van der Waals surface area contributed by atoms with E-state index >= 15 is 0 Å². The number of anilines is 1. The molecule has 4 rings (SSSR count). The van der Waals surface area contributed by atoms with E-state index in [-0.39, 0.29) is 5.54 Å². The maximum Gasteiger partial charge on any atom is 0.128 e. The number of hydrogen-bond donors (Lipinski definition) is 2. The van der Waals surface area contributed by atoms with E-state index < -0.39 is 0 Å². The summed E-state index contributed by atoms with van der Waals surface area (Å²) in [5, 5.41) is 7.53. The topological polar surface area (TPSA) is 36.4 Å². The smallest absolute Gasteiger partial charge is 0.128 e. The Morgan fingerprint density at radius 3 is 2.65 bits per heavy atom. The van der Waals surface area contributed by atoms with Crippen molar-refractivity contribution in [3.63, 3.8) is 0 Å². The molecule has 0 radical (unpaired) electrons. The summed E-state index contributed by atoms with van der Waals surface area (Å²) in [4.78, 5) is 5.04. The van der Waals surface area contributed by atoms with Crippen LogP contribution in [-0.2, 0) is 6.54 Å². The zero-order valence-electron chi connectivity index (χ0n) is 15.9. The summed E-state index contributed by atoms with van der Waals surface area (Å²) in [5.41, 5.74) is 4.90. The average molecular weight is 348 g/mol. The molecule has 1 fully saturated rings. The standard InChI is InChI=1S/C23H29N3/c1-17(2)19-10-8-9-18(15-19)16-24-22-23(13-6-3-7-14-23)26-21-12-5-4-11-20(21)25-22/h4-5,8-12,15,17,26H,3,6-7,13-14,16H2,1-2H3,(H,24,25). The first kappa shape index (κ1) is 17.1. The maximum atomic E-state index is 5.04. The molecule has 3 nitrogen and oxygen atoms in total. The molecule has 0 bridgehead atoms. The number of fused-ring (bicyclic) bond motifs is 1. The third-order valence-electron chi connectivity index (χ3n) is 5.75. The number of hydrogen-bond acceptors (Lipinski definition) is 3. The van der Waals surface area contributed by atoms with E-state index in [9.17, 15) is 0 Å². The van der Waals surface area contributed by atoms with Gasteiger partial charge in [-0.15, -0.1) is 0 Å². The summed E-state index contributed by atoms with van der Waals surface area (Å²) in [6.07, 6.45) is 6.16. The first-order chi connectivity index (χ1) is 12.7. The molecule has 3 heteroatoms. The van der Waals surface area contributed by atoms with Crippen molar-refractivity contribution in [2.45, 2.75) is 64.0 Å². The van der Waals surface area contributed by atoms with Crippen molar-refractivity contribution < 1.29 is 0 Å². The first-order valence-corrected chi connectivity index (χ1v) is 9.95. The molecule has 26 heavy (non-hydrogen) atoms. The van der Waals surface area contributed by atoms with Gasteiger partial charge in [-0.05, 0) is 42.0 Å². The third kappa shape index (κ3) is 3.35. The number of benzene rings is 2. The van der Waals surface area contributed by atoms with Crippen molar-refractivity contribution in [2.24, 2.45) is 4.99 Å². The van der Waals surface area contributed by atoms with Gasteiger partial charge in [-0.3, -0.25) is 0 Å². The van der Waals surface area contributed by atoms with E-state index in [0.717, 1.165) is 30.9 Å². The highest BCUT2D eigenvalue weighted by atomic mass is 15.2. The van der Waals surface area contributed by atoms with Gasteiger partial charge in [0.05, 0.1) is 16.9 Å². The van der Waals surface area contributed by atoms with Crippen molar-refractivity contribution in [3.8, 4) is 0 Å². The van der Waals surface area contributed by atoms with E-state index in [4.69, 9.17) is 4.99 Å². The van der Waals surface area contributed by atoms with Gasteiger partial charge in [0.2, 0.25) is 0 Å². The predicted molar refractivity (Wildman–Crippen MR) is 110 cm³/mol. The largest absolute Gasteiger partial charge is 0.371 e. The lowest BCUT2D eigenvalue weighted by molar-refractivity contribution is 0.396. The lowest BCUT2D eigenvalue weighted by atomic mass is 9.79. The van der Waals surface area contributed by atoms with Crippen molar-refractivity contribution in [1.29, 1.82) is 0 Å². The van der Waals surface area contributed by atoms with Crippen LogP contribution in [0.5, 0.6) is 0 Å². The van der Waals surface area contributed by atoms with Crippen LogP contribution in [0.25, 0.3) is 0 Å². The van der Waals surface area contributed by atoms with E-state index in [1.54, 1.807) is 0 Å². The Morgan fingerprint density at radius 1 is 1.04 bits per heavy atom. The second-order valence-corrected chi connectivity index (χ2v) is 8.00. The lowest BCUT2D eigenvalue weighted by Gasteiger charge is -2.42. The molecule has 2 N–H and O–H groups in total. The maximum absolute atomic E-state index is 5.04. The molecule has 1 spiro atoms. The van der Waals surface area contributed by atoms with Crippen LogP contribution in [0.15, 0.2) is 53.5 Å². The van der Waals surface area contributed by atoms with E-state index in [1.807, 2.05) is 0 Å². The minimum absolute atomic E-state index is 0.0255. The van der Waals surface area contributed by atoms with Gasteiger partial charge >= 0.3 is 0 Å². The molecule has 2 aromatic carbocycles. The fourth-order valence-corrected chi connectivity index (χ4v) is 4.20. The number of nitrogens with one attached hydrogen (secondary N) is 2. The number of para-hydroxylation sites is 2. The molecule has 0 unspecified atom stereocenters. The molecule has 1 heterocycles. The molecule has 1 aliphatic carbocycles. The summed E-state index contributed by atoms with van der Waals surface area (Å²) in [5.74, 6) is 1.67. The third-order valence-corrected chi connectivity index (χ3v) is 5.75. The van der Waals surface area contributed by atoms with Crippen molar-refractivity contribution in [2.75, 3.05) is 5.32 Å². The van der Waals surface area contributed by atoms with Crippen LogP contribution in [0, 0.1) is 0 Å². The number of amidine groups is 1. The number of rotatable bonds is 3. The molecule has 0 aromatic heterocycles. The molecule has 0 atom stereocenters. The van der Waals surface area contributed by atoms with Crippen LogP contribution in [0.2, 0.25) is 0 Å². The number of nitrogens with zero attached hydrogens (tertiary/aromatic N) is 1. The van der Waals surface area contributed by atoms with Crippen LogP contribution in [0.4, 0.5) is 11.4 Å². The highest BCUT2D eigenvalue weighted by Crippen LogP contribution is 2.40. The molecule has 1 aliphatic heterocycles.